The summed E-state index contributed by atoms with van der Waals surface area (Å²) in [7, 11) is 0. The first-order valence-corrected chi connectivity index (χ1v) is 9.19. The lowest BCUT2D eigenvalue weighted by Gasteiger charge is -2.30. The fourth-order valence-electron chi connectivity index (χ4n) is 2.92. The number of amides is 1. The highest BCUT2D eigenvalue weighted by atomic mass is 16.5. The zero-order chi connectivity index (χ0) is 19.1. The van der Waals surface area contributed by atoms with Gasteiger partial charge in [0.25, 0.3) is 5.91 Å². The number of ether oxygens (including phenoxy) is 2. The number of nitrogens with one attached hydrogen (secondary N) is 1. The van der Waals surface area contributed by atoms with E-state index in [4.69, 9.17) is 9.47 Å². The van der Waals surface area contributed by atoms with E-state index in [9.17, 15) is 9.59 Å². The molecular formula is C21H24N2O4. The molecule has 27 heavy (non-hydrogen) atoms. The number of hydrogen-bond donors (Lipinski definition) is 1. The van der Waals surface area contributed by atoms with E-state index in [-0.39, 0.29) is 11.9 Å². The molecule has 1 saturated heterocycles. The van der Waals surface area contributed by atoms with Gasteiger partial charge >= 0.3 is 5.97 Å². The van der Waals surface area contributed by atoms with Crippen molar-refractivity contribution in [3.05, 3.63) is 59.7 Å². The molecule has 6 heteroatoms. The van der Waals surface area contributed by atoms with Gasteiger partial charge in [0.1, 0.15) is 0 Å². The van der Waals surface area contributed by atoms with Gasteiger partial charge in [0.15, 0.2) is 0 Å². The third kappa shape index (κ3) is 4.86. The highest BCUT2D eigenvalue weighted by molar-refractivity contribution is 6.05. The van der Waals surface area contributed by atoms with E-state index in [0.29, 0.717) is 49.7 Å². The molecule has 1 amide bonds. The summed E-state index contributed by atoms with van der Waals surface area (Å²) in [6.07, 6.45) is 0.753. The second-order valence-corrected chi connectivity index (χ2v) is 6.29. The number of nitrogens with zero attached hydrogens (tertiary/aromatic N) is 1. The molecule has 0 spiro atoms. The van der Waals surface area contributed by atoms with Gasteiger partial charge in [-0.25, -0.2) is 4.79 Å². The van der Waals surface area contributed by atoms with Crippen LogP contribution >= 0.6 is 0 Å². The van der Waals surface area contributed by atoms with Gasteiger partial charge in [-0.1, -0.05) is 25.1 Å². The largest absolute Gasteiger partial charge is 0.462 e. The quantitative estimate of drug-likeness (QED) is 0.792. The zero-order valence-electron chi connectivity index (χ0n) is 15.4. The number of benzene rings is 2. The fraction of sp³-hybridized carbons (Fsp3) is 0.333. The Labute approximate surface area is 159 Å². The summed E-state index contributed by atoms with van der Waals surface area (Å²) >= 11 is 0. The van der Waals surface area contributed by atoms with Crippen LogP contribution in [0, 0.1) is 0 Å². The van der Waals surface area contributed by atoms with Gasteiger partial charge in [-0.05, 0) is 36.8 Å². The Bertz CT molecular complexity index is 786. The van der Waals surface area contributed by atoms with Crippen molar-refractivity contribution in [2.75, 3.05) is 43.1 Å². The summed E-state index contributed by atoms with van der Waals surface area (Å²) in [5.74, 6) is -0.600. The normalized spacial score (nSPS) is 13.9. The van der Waals surface area contributed by atoms with Crippen molar-refractivity contribution in [1.29, 1.82) is 0 Å². The first kappa shape index (κ1) is 18.9. The standard InChI is InChI=1S/C21H24N2O4/c1-2-12-27-21(25)18-15-17(22-20(24)16-6-4-3-5-7-16)8-9-19(18)23-10-13-26-14-11-23/h3-9,15H,2,10-14H2,1H3,(H,22,24). The minimum absolute atomic E-state index is 0.220. The monoisotopic (exact) mass is 368 g/mol. The van der Waals surface area contributed by atoms with Crippen LogP contribution in [0.3, 0.4) is 0 Å². The van der Waals surface area contributed by atoms with Gasteiger partial charge in [-0.15, -0.1) is 0 Å². The molecule has 142 valence electrons. The minimum Gasteiger partial charge on any atom is -0.462 e. The number of morpholine rings is 1. The summed E-state index contributed by atoms with van der Waals surface area (Å²) in [6, 6.07) is 14.3. The number of hydrogen-bond acceptors (Lipinski definition) is 5. The van der Waals surface area contributed by atoms with E-state index < -0.39 is 0 Å². The Hall–Kier alpha value is -2.86. The lowest BCUT2D eigenvalue weighted by Crippen LogP contribution is -2.37. The van der Waals surface area contributed by atoms with Crippen molar-refractivity contribution in [2.45, 2.75) is 13.3 Å². The van der Waals surface area contributed by atoms with Crippen LogP contribution in [0.2, 0.25) is 0 Å². The molecule has 1 N–H and O–H groups in total. The summed E-state index contributed by atoms with van der Waals surface area (Å²) in [5, 5.41) is 2.85. The third-order valence-electron chi connectivity index (χ3n) is 4.30. The number of carbonyl (C=O) groups is 2. The highest BCUT2D eigenvalue weighted by Gasteiger charge is 2.21. The van der Waals surface area contributed by atoms with Gasteiger partial charge in [-0.3, -0.25) is 4.79 Å². The molecule has 0 saturated carbocycles. The molecule has 3 rings (SSSR count). The Morgan fingerprint density at radius 3 is 2.56 bits per heavy atom. The SMILES string of the molecule is CCCOC(=O)c1cc(NC(=O)c2ccccc2)ccc1N1CCOCC1. The second-order valence-electron chi connectivity index (χ2n) is 6.29. The number of carbonyl (C=O) groups excluding carboxylic acids is 2. The molecule has 1 aliphatic heterocycles. The summed E-state index contributed by atoms with van der Waals surface area (Å²) in [4.78, 5) is 27.1. The maximum atomic E-state index is 12.6. The molecule has 6 nitrogen and oxygen atoms in total. The van der Waals surface area contributed by atoms with Crippen molar-refractivity contribution >= 4 is 23.3 Å². The predicted octanol–water partition coefficient (Wildman–Crippen LogP) is 3.34. The van der Waals surface area contributed by atoms with E-state index in [1.165, 1.54) is 0 Å². The molecule has 2 aromatic rings. The minimum atomic E-state index is -0.380. The van der Waals surface area contributed by atoms with Gasteiger partial charge in [-0.2, -0.15) is 0 Å². The van der Waals surface area contributed by atoms with E-state index in [0.717, 1.165) is 12.1 Å². The van der Waals surface area contributed by atoms with Crippen molar-refractivity contribution in [2.24, 2.45) is 0 Å². The zero-order valence-corrected chi connectivity index (χ0v) is 15.4. The predicted molar refractivity (Wildman–Crippen MR) is 104 cm³/mol. The Morgan fingerprint density at radius 2 is 1.85 bits per heavy atom. The third-order valence-corrected chi connectivity index (χ3v) is 4.30. The molecule has 1 heterocycles. The van der Waals surface area contributed by atoms with Gasteiger partial charge in [0.2, 0.25) is 0 Å². The Morgan fingerprint density at radius 1 is 1.11 bits per heavy atom. The van der Waals surface area contributed by atoms with Crippen LogP contribution < -0.4 is 10.2 Å². The number of esters is 1. The Balaban J connectivity index is 1.85. The van der Waals surface area contributed by atoms with Crippen LogP contribution in [0.15, 0.2) is 48.5 Å². The van der Waals surface area contributed by atoms with Gasteiger partial charge in [0.05, 0.1) is 31.1 Å². The van der Waals surface area contributed by atoms with Crippen LogP contribution in [-0.2, 0) is 9.47 Å². The van der Waals surface area contributed by atoms with Crippen LogP contribution in [0.5, 0.6) is 0 Å². The van der Waals surface area contributed by atoms with Gasteiger partial charge < -0.3 is 19.7 Å². The van der Waals surface area contributed by atoms with E-state index >= 15 is 0 Å². The molecule has 0 aliphatic carbocycles. The number of rotatable bonds is 6. The summed E-state index contributed by atoms with van der Waals surface area (Å²) < 4.78 is 10.7. The van der Waals surface area contributed by atoms with E-state index in [1.807, 2.05) is 37.3 Å². The van der Waals surface area contributed by atoms with Crippen LogP contribution in [0.4, 0.5) is 11.4 Å². The van der Waals surface area contributed by atoms with Crippen molar-refractivity contribution in [3.8, 4) is 0 Å². The molecule has 1 aliphatic rings. The van der Waals surface area contributed by atoms with Crippen molar-refractivity contribution in [1.82, 2.24) is 0 Å². The summed E-state index contributed by atoms with van der Waals surface area (Å²) in [6.45, 7) is 4.98. The second kappa shape index (κ2) is 9.19. The maximum Gasteiger partial charge on any atom is 0.340 e. The topological polar surface area (TPSA) is 67.9 Å². The molecule has 2 aromatic carbocycles. The van der Waals surface area contributed by atoms with Crippen LogP contribution in [-0.4, -0.2) is 44.8 Å². The molecule has 0 bridgehead atoms. The van der Waals surface area contributed by atoms with Crippen molar-refractivity contribution < 1.29 is 19.1 Å². The summed E-state index contributed by atoms with van der Waals surface area (Å²) in [5.41, 5.74) is 2.38. The average molecular weight is 368 g/mol. The maximum absolute atomic E-state index is 12.6. The number of anilines is 2. The van der Waals surface area contributed by atoms with Crippen LogP contribution in [0.1, 0.15) is 34.1 Å². The lowest BCUT2D eigenvalue weighted by molar-refractivity contribution is 0.0504. The molecular weight excluding hydrogens is 344 g/mol. The van der Waals surface area contributed by atoms with Crippen LogP contribution in [0.25, 0.3) is 0 Å². The fourth-order valence-corrected chi connectivity index (χ4v) is 2.92. The Kier molecular flexibility index (Phi) is 6.44. The molecule has 1 fully saturated rings. The van der Waals surface area contributed by atoms with E-state index in [1.54, 1.807) is 18.2 Å². The molecule has 0 atom stereocenters. The molecule has 0 aromatic heterocycles. The first-order valence-electron chi connectivity index (χ1n) is 9.19. The molecule has 0 unspecified atom stereocenters. The van der Waals surface area contributed by atoms with E-state index in [2.05, 4.69) is 10.2 Å². The lowest BCUT2D eigenvalue weighted by atomic mass is 10.1. The van der Waals surface area contributed by atoms with Gasteiger partial charge in [0, 0.05) is 24.3 Å². The molecule has 0 radical (unpaired) electrons. The average Bonchev–Trinajstić information content (AvgIpc) is 2.73. The highest BCUT2D eigenvalue weighted by Crippen LogP contribution is 2.26. The van der Waals surface area contributed by atoms with Crippen molar-refractivity contribution in [3.63, 3.8) is 0 Å². The first-order chi connectivity index (χ1) is 13.2. The smallest absolute Gasteiger partial charge is 0.340 e.